The Labute approximate surface area is 110 Å². The Morgan fingerprint density at radius 1 is 1.28 bits per heavy atom. The van der Waals surface area contributed by atoms with Crippen LogP contribution in [-0.4, -0.2) is 19.7 Å². The van der Waals surface area contributed by atoms with E-state index in [2.05, 4.69) is 19.7 Å². The number of hydrogen-bond acceptors (Lipinski definition) is 5. The highest BCUT2D eigenvalue weighted by Crippen LogP contribution is 2.23. The average molecular weight is 261 g/mol. The maximum Gasteiger partial charge on any atom is 0.143 e. The summed E-state index contributed by atoms with van der Waals surface area (Å²) in [6.45, 7) is 1.05. The molecule has 0 bridgehead atoms. The first-order valence-electron chi connectivity index (χ1n) is 6.08. The normalized spacial score (nSPS) is 14.4. The number of thioether (sulfide) groups is 1. The van der Waals surface area contributed by atoms with Crippen molar-refractivity contribution in [1.29, 1.82) is 0 Å². The zero-order chi connectivity index (χ0) is 12.4. The molecule has 2 aromatic heterocycles. The largest absolute Gasteiger partial charge is 0.384 e. The molecule has 3 heterocycles. The zero-order valence-corrected chi connectivity index (χ0v) is 10.9. The molecule has 0 spiro atoms. The fourth-order valence-corrected chi connectivity index (χ4v) is 2.90. The van der Waals surface area contributed by atoms with Gasteiger partial charge in [0.25, 0.3) is 0 Å². The maximum absolute atomic E-state index is 5.56. The number of fused-ring (bicyclic) bond motifs is 1. The van der Waals surface area contributed by atoms with Crippen LogP contribution in [0, 0.1) is 0 Å². The first-order valence-corrected chi connectivity index (χ1v) is 7.07. The average Bonchev–Trinajstić information content (AvgIpc) is 2.82. The summed E-state index contributed by atoms with van der Waals surface area (Å²) in [6.07, 6.45) is 5.31. The second-order valence-corrected chi connectivity index (χ2v) is 5.40. The fraction of sp³-hybridized carbons (Fsp3) is 0.417. The summed E-state index contributed by atoms with van der Waals surface area (Å²) in [7, 11) is 0. The predicted molar refractivity (Wildman–Crippen MR) is 71.2 cm³/mol. The quantitative estimate of drug-likeness (QED) is 0.854. The molecule has 0 saturated carbocycles. The molecule has 3 rings (SSSR count). The van der Waals surface area contributed by atoms with E-state index in [1.165, 1.54) is 12.8 Å². The molecular weight excluding hydrogens is 246 g/mol. The van der Waals surface area contributed by atoms with Gasteiger partial charge in [-0.2, -0.15) is 0 Å². The van der Waals surface area contributed by atoms with E-state index in [1.807, 2.05) is 12.1 Å². The Balaban J connectivity index is 1.70. The van der Waals surface area contributed by atoms with Crippen LogP contribution in [-0.2, 0) is 18.7 Å². The molecule has 1 aliphatic rings. The molecule has 0 saturated heterocycles. The van der Waals surface area contributed by atoms with Gasteiger partial charge in [-0.15, -0.1) is 22.0 Å². The minimum atomic E-state index is 0.555. The van der Waals surface area contributed by atoms with Gasteiger partial charge in [-0.1, -0.05) is 0 Å². The number of nitrogens with two attached hydrogens (primary N) is 1. The summed E-state index contributed by atoms with van der Waals surface area (Å²) in [6, 6.07) is 3.81. The van der Waals surface area contributed by atoms with E-state index in [0.29, 0.717) is 5.82 Å². The highest BCUT2D eigenvalue weighted by atomic mass is 32.2. The van der Waals surface area contributed by atoms with Crippen molar-refractivity contribution in [1.82, 2.24) is 19.7 Å². The lowest BCUT2D eigenvalue weighted by Crippen LogP contribution is -2.12. The van der Waals surface area contributed by atoms with Gasteiger partial charge in [-0.3, -0.25) is 0 Å². The molecule has 0 fully saturated rings. The van der Waals surface area contributed by atoms with E-state index >= 15 is 0 Å². The van der Waals surface area contributed by atoms with Crippen LogP contribution in [0.1, 0.15) is 24.5 Å². The second-order valence-electron chi connectivity index (χ2n) is 4.35. The third kappa shape index (κ3) is 2.33. The Hall–Kier alpha value is -1.56. The molecule has 2 N–H and O–H groups in total. The number of hydrogen-bond donors (Lipinski definition) is 1. The van der Waals surface area contributed by atoms with Gasteiger partial charge in [0.15, 0.2) is 0 Å². The van der Waals surface area contributed by atoms with Crippen LogP contribution in [0.3, 0.4) is 0 Å². The molecular formula is C12H15N5S. The molecule has 94 valence electrons. The smallest absolute Gasteiger partial charge is 0.143 e. The number of aryl methyl sites for hydroxylation is 1. The van der Waals surface area contributed by atoms with Crippen molar-refractivity contribution in [2.75, 3.05) is 5.73 Å². The first kappa shape index (κ1) is 11.5. The lowest BCUT2D eigenvalue weighted by Gasteiger charge is -2.14. The highest BCUT2D eigenvalue weighted by Gasteiger charge is 2.15. The molecule has 6 heteroatoms. The lowest BCUT2D eigenvalue weighted by atomic mass is 10.2. The summed E-state index contributed by atoms with van der Waals surface area (Å²) in [5, 5.41) is 8.52. The standard InChI is InChI=1S/C12H15N5S/c13-10-5-4-9(7-14-10)18-8-12-16-15-11-3-1-2-6-17(11)12/h4-5,7H,1-3,6,8H2,(H2,13,14). The summed E-state index contributed by atoms with van der Waals surface area (Å²) in [5.41, 5.74) is 5.56. The lowest BCUT2D eigenvalue weighted by molar-refractivity contribution is 0.513. The van der Waals surface area contributed by atoms with Crippen molar-refractivity contribution in [3.63, 3.8) is 0 Å². The highest BCUT2D eigenvalue weighted by molar-refractivity contribution is 7.98. The molecule has 0 amide bonds. The van der Waals surface area contributed by atoms with Crippen molar-refractivity contribution in [3.8, 4) is 0 Å². The van der Waals surface area contributed by atoms with E-state index in [4.69, 9.17) is 5.73 Å². The second kappa shape index (κ2) is 4.97. The van der Waals surface area contributed by atoms with E-state index < -0.39 is 0 Å². The molecule has 2 aromatic rings. The summed E-state index contributed by atoms with van der Waals surface area (Å²) in [4.78, 5) is 5.19. The molecule has 0 atom stereocenters. The third-order valence-electron chi connectivity index (χ3n) is 3.06. The van der Waals surface area contributed by atoms with Crippen LogP contribution in [0.5, 0.6) is 0 Å². The predicted octanol–water partition coefficient (Wildman–Crippen LogP) is 1.88. The molecule has 0 unspecified atom stereocenters. The minimum absolute atomic E-state index is 0.555. The van der Waals surface area contributed by atoms with Gasteiger partial charge in [-0.05, 0) is 25.0 Å². The SMILES string of the molecule is Nc1ccc(SCc2nnc3n2CCCC3)cn1. The number of aromatic nitrogens is 4. The van der Waals surface area contributed by atoms with Gasteiger partial charge in [0, 0.05) is 24.1 Å². The summed E-state index contributed by atoms with van der Waals surface area (Å²) < 4.78 is 2.25. The molecule has 5 nitrogen and oxygen atoms in total. The van der Waals surface area contributed by atoms with Gasteiger partial charge < -0.3 is 10.3 Å². The van der Waals surface area contributed by atoms with Crippen LogP contribution in [0.2, 0.25) is 0 Å². The Kier molecular flexibility index (Phi) is 3.19. The van der Waals surface area contributed by atoms with Crippen molar-refractivity contribution in [3.05, 3.63) is 30.0 Å². The Morgan fingerprint density at radius 3 is 3.06 bits per heavy atom. The van der Waals surface area contributed by atoms with E-state index in [0.717, 1.165) is 35.3 Å². The Bertz CT molecular complexity index is 534. The van der Waals surface area contributed by atoms with E-state index in [-0.39, 0.29) is 0 Å². The first-order chi connectivity index (χ1) is 8.83. The van der Waals surface area contributed by atoms with Gasteiger partial charge in [0.2, 0.25) is 0 Å². The number of anilines is 1. The van der Waals surface area contributed by atoms with Crippen LogP contribution >= 0.6 is 11.8 Å². The van der Waals surface area contributed by atoms with Crippen LogP contribution < -0.4 is 5.73 Å². The van der Waals surface area contributed by atoms with Gasteiger partial charge in [0.05, 0.1) is 5.75 Å². The third-order valence-corrected chi connectivity index (χ3v) is 4.04. The van der Waals surface area contributed by atoms with Gasteiger partial charge in [0.1, 0.15) is 17.5 Å². The molecule has 0 aromatic carbocycles. The number of nitrogen functional groups attached to an aromatic ring is 1. The van der Waals surface area contributed by atoms with Crippen molar-refractivity contribution in [2.45, 2.75) is 36.5 Å². The zero-order valence-electron chi connectivity index (χ0n) is 10.0. The molecule has 1 aliphatic heterocycles. The van der Waals surface area contributed by atoms with Crippen LogP contribution in [0.15, 0.2) is 23.2 Å². The Morgan fingerprint density at radius 2 is 2.22 bits per heavy atom. The van der Waals surface area contributed by atoms with E-state index in [9.17, 15) is 0 Å². The van der Waals surface area contributed by atoms with Crippen LogP contribution in [0.25, 0.3) is 0 Å². The fourth-order valence-electron chi connectivity index (χ4n) is 2.10. The van der Waals surface area contributed by atoms with Crippen molar-refractivity contribution in [2.24, 2.45) is 0 Å². The van der Waals surface area contributed by atoms with Gasteiger partial charge in [-0.25, -0.2) is 4.98 Å². The maximum atomic E-state index is 5.56. The molecule has 0 aliphatic carbocycles. The topological polar surface area (TPSA) is 69.6 Å². The summed E-state index contributed by atoms with van der Waals surface area (Å²) in [5.74, 6) is 3.58. The number of nitrogens with zero attached hydrogens (tertiary/aromatic N) is 4. The van der Waals surface area contributed by atoms with Gasteiger partial charge >= 0.3 is 0 Å². The number of pyridine rings is 1. The number of rotatable bonds is 3. The summed E-state index contributed by atoms with van der Waals surface area (Å²) >= 11 is 1.72. The molecule has 18 heavy (non-hydrogen) atoms. The van der Waals surface area contributed by atoms with Crippen molar-refractivity contribution < 1.29 is 0 Å². The molecule has 0 radical (unpaired) electrons. The monoisotopic (exact) mass is 261 g/mol. The van der Waals surface area contributed by atoms with Crippen LogP contribution in [0.4, 0.5) is 5.82 Å². The van der Waals surface area contributed by atoms with E-state index in [1.54, 1.807) is 18.0 Å². The van der Waals surface area contributed by atoms with Crippen molar-refractivity contribution >= 4 is 17.6 Å². The minimum Gasteiger partial charge on any atom is -0.384 e.